The van der Waals surface area contributed by atoms with Gasteiger partial charge >= 0.3 is 0 Å². The quantitative estimate of drug-likeness (QED) is 0.413. The van der Waals surface area contributed by atoms with E-state index in [-0.39, 0.29) is 35.8 Å². The Balaban J connectivity index is 1.43. The van der Waals surface area contributed by atoms with Crippen LogP contribution in [0.4, 0.5) is 4.39 Å². The molecule has 9 nitrogen and oxygen atoms in total. The molecule has 3 amide bonds. The number of hydrogen-bond acceptors (Lipinski definition) is 6. The van der Waals surface area contributed by atoms with Crippen LogP contribution in [-0.4, -0.2) is 102 Å². The fourth-order valence-electron chi connectivity index (χ4n) is 5.80. The molecule has 2 unspecified atom stereocenters. The number of carbonyl (C=O) groups excluding carboxylic acids is 4. The van der Waals surface area contributed by atoms with E-state index in [4.69, 9.17) is 16.3 Å². The monoisotopic (exact) mass is 546 g/mol. The van der Waals surface area contributed by atoms with Crippen molar-refractivity contribution in [3.63, 3.8) is 0 Å². The molecule has 3 fully saturated rings. The Morgan fingerprint density at radius 2 is 1.76 bits per heavy atom. The molecule has 38 heavy (non-hydrogen) atoms. The zero-order chi connectivity index (χ0) is 27.0. The van der Waals surface area contributed by atoms with Crippen molar-refractivity contribution in [2.45, 2.75) is 38.8 Å². The molecule has 0 aliphatic carbocycles. The van der Waals surface area contributed by atoms with Gasteiger partial charge in [0.05, 0.1) is 18.2 Å². The van der Waals surface area contributed by atoms with Gasteiger partial charge in [-0.05, 0) is 49.5 Å². The van der Waals surface area contributed by atoms with Gasteiger partial charge in [0, 0.05) is 51.9 Å². The van der Waals surface area contributed by atoms with Crippen LogP contribution in [0.25, 0.3) is 0 Å². The second-order valence-electron chi connectivity index (χ2n) is 10.3. The highest BCUT2D eigenvalue weighted by molar-refractivity contribution is 6.43. The zero-order valence-electron chi connectivity index (χ0n) is 21.5. The van der Waals surface area contributed by atoms with Crippen LogP contribution >= 0.6 is 11.6 Å². The van der Waals surface area contributed by atoms with Gasteiger partial charge in [-0.1, -0.05) is 17.7 Å². The Morgan fingerprint density at radius 3 is 2.50 bits per heavy atom. The number of likely N-dealkylation sites (tertiary alicyclic amines) is 1. The van der Waals surface area contributed by atoms with E-state index in [1.54, 1.807) is 4.90 Å². The normalized spacial score (nSPS) is 25.4. The number of amides is 3. The lowest BCUT2D eigenvalue weighted by atomic mass is 9.80. The summed E-state index contributed by atoms with van der Waals surface area (Å²) in [6.45, 7) is 6.91. The van der Waals surface area contributed by atoms with E-state index in [9.17, 15) is 23.6 Å². The van der Waals surface area contributed by atoms with E-state index >= 15 is 0 Å². The summed E-state index contributed by atoms with van der Waals surface area (Å²) in [6, 6.07) is 3.88. The first-order valence-electron chi connectivity index (χ1n) is 13.2. The van der Waals surface area contributed by atoms with E-state index in [1.807, 2.05) is 6.92 Å². The molecule has 0 aromatic heterocycles. The summed E-state index contributed by atoms with van der Waals surface area (Å²) in [4.78, 5) is 61.0. The lowest BCUT2D eigenvalue weighted by Crippen LogP contribution is -2.59. The molecular weight excluding hydrogens is 515 g/mol. The molecule has 0 radical (unpaired) electrons. The van der Waals surface area contributed by atoms with Crippen molar-refractivity contribution in [2.24, 2.45) is 5.92 Å². The molecule has 11 heteroatoms. The highest BCUT2D eigenvalue weighted by Gasteiger charge is 2.51. The number of morpholine rings is 1. The Bertz CT molecular complexity index is 1180. The zero-order valence-corrected chi connectivity index (χ0v) is 22.2. The second-order valence-corrected chi connectivity index (χ2v) is 10.7. The van der Waals surface area contributed by atoms with Gasteiger partial charge in [0.25, 0.3) is 11.8 Å². The van der Waals surface area contributed by atoms with Gasteiger partial charge in [0.15, 0.2) is 0 Å². The topological polar surface area (TPSA) is 90.5 Å². The third-order valence-corrected chi connectivity index (χ3v) is 8.21. The van der Waals surface area contributed by atoms with Crippen LogP contribution in [-0.2, 0) is 30.5 Å². The Kier molecular flexibility index (Phi) is 7.83. The van der Waals surface area contributed by atoms with Gasteiger partial charge in [-0.15, -0.1) is 0 Å². The molecule has 0 bridgehead atoms. The fraction of sp³-hybridized carbons (Fsp3) is 0.556. The molecule has 2 atom stereocenters. The van der Waals surface area contributed by atoms with Gasteiger partial charge in [-0.2, -0.15) is 0 Å². The maximum absolute atomic E-state index is 14.0. The first-order chi connectivity index (χ1) is 18.3. The number of Topliss-reactive ketones (excluding diaryl/α,β-unsaturated/α-hetero) is 1. The fourth-order valence-corrected chi connectivity index (χ4v) is 6.00. The summed E-state index contributed by atoms with van der Waals surface area (Å²) in [6.07, 6.45) is 1.66. The number of nitrogens with zero attached hydrogens (tertiary/aromatic N) is 4. The number of ether oxygens (including phenoxy) is 1. The van der Waals surface area contributed by atoms with Crippen molar-refractivity contribution in [3.05, 3.63) is 45.9 Å². The molecule has 0 spiro atoms. The maximum Gasteiger partial charge on any atom is 0.295 e. The first-order valence-corrected chi connectivity index (χ1v) is 13.6. The first kappa shape index (κ1) is 26.8. The van der Waals surface area contributed by atoms with Crippen LogP contribution in [0.1, 0.15) is 31.7 Å². The maximum atomic E-state index is 14.0. The molecule has 1 aromatic carbocycles. The van der Waals surface area contributed by atoms with Crippen molar-refractivity contribution in [1.29, 1.82) is 0 Å². The number of fused-ring (bicyclic) bond motifs is 2. The Morgan fingerprint density at radius 1 is 1.00 bits per heavy atom. The molecule has 4 heterocycles. The number of hydrogen-bond donors (Lipinski definition) is 0. The summed E-state index contributed by atoms with van der Waals surface area (Å²) in [5, 5.41) is -0.0550. The minimum Gasteiger partial charge on any atom is -0.379 e. The van der Waals surface area contributed by atoms with Gasteiger partial charge in [-0.3, -0.25) is 29.0 Å². The molecule has 5 rings (SSSR count). The number of ketones is 1. The van der Waals surface area contributed by atoms with E-state index in [1.165, 1.54) is 28.0 Å². The predicted octanol–water partition coefficient (Wildman–Crippen LogP) is 1.84. The Labute approximate surface area is 226 Å². The van der Waals surface area contributed by atoms with Crippen LogP contribution in [0.3, 0.4) is 0 Å². The van der Waals surface area contributed by atoms with Crippen molar-refractivity contribution >= 4 is 35.1 Å². The number of halogens is 2. The third-order valence-electron chi connectivity index (χ3n) is 7.92. The van der Waals surface area contributed by atoms with Crippen molar-refractivity contribution in [3.8, 4) is 0 Å². The van der Waals surface area contributed by atoms with E-state index in [0.717, 1.165) is 13.1 Å². The molecule has 4 aliphatic heterocycles. The van der Waals surface area contributed by atoms with Crippen LogP contribution in [0.15, 0.2) is 29.5 Å². The molecule has 204 valence electrons. The standard InChI is InChI=1S/C27H32ClFN4O5/c1-17-3-2-7-31(10-9-30-11-13-38-14-12-30)26(36)23-19-6-8-32(16-18-4-5-21(29)20(28)15-18)25(35)22(19)24(34)27(37)33(17)23/h4-5,15,17,22H,2-3,6-14,16H2,1H3. The number of piperidine rings is 1. The van der Waals surface area contributed by atoms with E-state index < -0.39 is 29.3 Å². The summed E-state index contributed by atoms with van der Waals surface area (Å²) in [5.41, 5.74) is 1.25. The average molecular weight is 547 g/mol. The molecule has 0 N–H and O–H groups in total. The SMILES string of the molecule is CC1CCCN(CCN2CCOCC2)C(=O)C2=C3CCN(Cc4ccc(F)c(Cl)c4)C(=O)C3C(=O)C(=O)N21. The summed E-state index contributed by atoms with van der Waals surface area (Å²) in [7, 11) is 0. The summed E-state index contributed by atoms with van der Waals surface area (Å²) >= 11 is 5.90. The molecule has 4 aliphatic rings. The molecule has 0 saturated carbocycles. The smallest absolute Gasteiger partial charge is 0.295 e. The minimum atomic E-state index is -1.31. The highest BCUT2D eigenvalue weighted by atomic mass is 35.5. The third kappa shape index (κ3) is 5.09. The van der Waals surface area contributed by atoms with Crippen molar-refractivity contribution in [1.82, 2.24) is 19.6 Å². The largest absolute Gasteiger partial charge is 0.379 e. The van der Waals surface area contributed by atoms with Crippen LogP contribution in [0.5, 0.6) is 0 Å². The van der Waals surface area contributed by atoms with Crippen LogP contribution in [0.2, 0.25) is 5.02 Å². The average Bonchev–Trinajstić information content (AvgIpc) is 2.90. The van der Waals surface area contributed by atoms with E-state index in [0.29, 0.717) is 63.2 Å². The molecular formula is C27H32ClFN4O5. The summed E-state index contributed by atoms with van der Waals surface area (Å²) < 4.78 is 19.0. The lowest BCUT2D eigenvalue weighted by molar-refractivity contribution is -0.155. The lowest BCUT2D eigenvalue weighted by Gasteiger charge is -2.44. The van der Waals surface area contributed by atoms with Crippen LogP contribution < -0.4 is 0 Å². The molecule has 1 aromatic rings. The number of rotatable bonds is 5. The predicted molar refractivity (Wildman–Crippen MR) is 136 cm³/mol. The van der Waals surface area contributed by atoms with Crippen LogP contribution in [0, 0.1) is 11.7 Å². The number of carbonyl (C=O) groups is 4. The molecule has 3 saturated heterocycles. The number of benzene rings is 1. The second kappa shape index (κ2) is 11.1. The minimum absolute atomic E-state index is 0.0550. The highest BCUT2D eigenvalue weighted by Crippen LogP contribution is 2.37. The van der Waals surface area contributed by atoms with Gasteiger partial charge in [0.1, 0.15) is 17.4 Å². The van der Waals surface area contributed by atoms with E-state index in [2.05, 4.69) is 4.90 Å². The Hall–Kier alpha value is -2.82. The van der Waals surface area contributed by atoms with Gasteiger partial charge < -0.3 is 14.5 Å². The van der Waals surface area contributed by atoms with Gasteiger partial charge in [-0.25, -0.2) is 4.39 Å². The van der Waals surface area contributed by atoms with Crippen molar-refractivity contribution in [2.75, 3.05) is 52.5 Å². The van der Waals surface area contributed by atoms with Gasteiger partial charge in [0.2, 0.25) is 11.7 Å². The summed E-state index contributed by atoms with van der Waals surface area (Å²) in [5.74, 6) is -4.28. The van der Waals surface area contributed by atoms with Crippen molar-refractivity contribution < 1.29 is 28.3 Å².